The van der Waals surface area contributed by atoms with Crippen molar-refractivity contribution in [3.8, 4) is 0 Å². The molecule has 1 aliphatic carbocycles. The third-order valence-electron chi connectivity index (χ3n) is 3.65. The van der Waals surface area contributed by atoms with E-state index >= 15 is 0 Å². The molecule has 1 heterocycles. The van der Waals surface area contributed by atoms with E-state index in [1.165, 1.54) is 0 Å². The Morgan fingerprint density at radius 2 is 2.41 bits per heavy atom. The van der Waals surface area contributed by atoms with Gasteiger partial charge in [-0.05, 0) is 45.6 Å². The number of aliphatic hydroxyl groups is 1. The second-order valence-corrected chi connectivity index (χ2v) is 5.35. The lowest BCUT2D eigenvalue weighted by molar-refractivity contribution is -0.00354. The van der Waals surface area contributed by atoms with Gasteiger partial charge in [-0.1, -0.05) is 0 Å². The van der Waals surface area contributed by atoms with Crippen LogP contribution < -0.4 is 5.73 Å². The van der Waals surface area contributed by atoms with Gasteiger partial charge in [-0.15, -0.1) is 0 Å². The fourth-order valence-electron chi connectivity index (χ4n) is 2.90. The summed E-state index contributed by atoms with van der Waals surface area (Å²) >= 11 is 0. The van der Waals surface area contributed by atoms with Gasteiger partial charge in [0.2, 0.25) is 0 Å². The van der Waals surface area contributed by atoms with Gasteiger partial charge in [0.15, 0.2) is 0 Å². The average Bonchev–Trinajstić information content (AvgIpc) is 2.57. The molecule has 1 fully saturated rings. The quantitative estimate of drug-likeness (QED) is 0.835. The minimum absolute atomic E-state index is 0.146. The Labute approximate surface area is 103 Å². The van der Waals surface area contributed by atoms with Crippen LogP contribution in [0.5, 0.6) is 0 Å². The number of nitrogens with zero attached hydrogens (tertiary/aromatic N) is 2. The van der Waals surface area contributed by atoms with Crippen molar-refractivity contribution in [3.63, 3.8) is 0 Å². The van der Waals surface area contributed by atoms with E-state index in [0.717, 1.165) is 37.2 Å². The molecule has 2 rings (SSSR count). The van der Waals surface area contributed by atoms with Crippen molar-refractivity contribution in [1.29, 1.82) is 0 Å². The summed E-state index contributed by atoms with van der Waals surface area (Å²) in [7, 11) is 0. The van der Waals surface area contributed by atoms with Gasteiger partial charge in [0, 0.05) is 24.7 Å². The summed E-state index contributed by atoms with van der Waals surface area (Å²) in [4.78, 5) is 0. The molecule has 96 valence electrons. The van der Waals surface area contributed by atoms with Crippen LogP contribution in [0.3, 0.4) is 0 Å². The molecule has 3 N–H and O–H groups in total. The van der Waals surface area contributed by atoms with E-state index in [9.17, 15) is 5.11 Å². The highest BCUT2D eigenvalue weighted by molar-refractivity contribution is 5.12. The van der Waals surface area contributed by atoms with Crippen molar-refractivity contribution in [1.82, 2.24) is 9.78 Å². The Morgan fingerprint density at radius 3 is 3.06 bits per heavy atom. The molecular weight excluding hydrogens is 214 g/mol. The van der Waals surface area contributed by atoms with Gasteiger partial charge >= 0.3 is 0 Å². The number of hydrogen-bond acceptors (Lipinski definition) is 3. The lowest BCUT2D eigenvalue weighted by Gasteiger charge is -2.35. The SMILES string of the molecule is CCn1nc(C)cc1CC1(O)CCCC(N)C1. The van der Waals surface area contributed by atoms with Gasteiger partial charge in [-0.3, -0.25) is 4.68 Å². The highest BCUT2D eigenvalue weighted by atomic mass is 16.3. The number of hydrogen-bond donors (Lipinski definition) is 2. The molecule has 0 aromatic carbocycles. The second-order valence-electron chi connectivity index (χ2n) is 5.35. The Bertz CT molecular complexity index is 388. The van der Waals surface area contributed by atoms with Crippen LogP contribution in [0.2, 0.25) is 0 Å². The van der Waals surface area contributed by atoms with Gasteiger partial charge in [0.25, 0.3) is 0 Å². The summed E-state index contributed by atoms with van der Waals surface area (Å²) in [6, 6.07) is 2.22. The third kappa shape index (κ3) is 2.87. The zero-order valence-electron chi connectivity index (χ0n) is 10.8. The van der Waals surface area contributed by atoms with Crippen LogP contribution in [-0.4, -0.2) is 26.5 Å². The molecule has 0 bridgehead atoms. The van der Waals surface area contributed by atoms with Crippen LogP contribution in [0.1, 0.15) is 44.0 Å². The Morgan fingerprint density at radius 1 is 1.65 bits per heavy atom. The van der Waals surface area contributed by atoms with Crippen molar-refractivity contribution >= 4 is 0 Å². The van der Waals surface area contributed by atoms with Crippen LogP contribution in [0, 0.1) is 6.92 Å². The number of nitrogens with two attached hydrogens (primary N) is 1. The molecule has 2 unspecified atom stereocenters. The molecule has 17 heavy (non-hydrogen) atoms. The summed E-state index contributed by atoms with van der Waals surface area (Å²) in [5, 5.41) is 15.0. The third-order valence-corrected chi connectivity index (χ3v) is 3.65. The van der Waals surface area contributed by atoms with Gasteiger partial charge in [-0.2, -0.15) is 5.10 Å². The number of rotatable bonds is 3. The first-order valence-corrected chi connectivity index (χ1v) is 6.54. The van der Waals surface area contributed by atoms with E-state index in [1.54, 1.807) is 0 Å². The first kappa shape index (κ1) is 12.6. The minimum Gasteiger partial charge on any atom is -0.389 e. The van der Waals surface area contributed by atoms with Crippen LogP contribution in [0.15, 0.2) is 6.07 Å². The molecule has 4 nitrogen and oxygen atoms in total. The standard InChI is InChI=1S/C13H23N3O/c1-3-16-12(7-10(2)15-16)9-13(17)6-4-5-11(14)8-13/h7,11,17H,3-6,8-9,14H2,1-2H3. The first-order valence-electron chi connectivity index (χ1n) is 6.54. The summed E-state index contributed by atoms with van der Waals surface area (Å²) in [6.07, 6.45) is 4.30. The van der Waals surface area contributed by atoms with E-state index in [0.29, 0.717) is 12.8 Å². The zero-order valence-corrected chi connectivity index (χ0v) is 10.8. The number of aryl methyl sites for hydroxylation is 2. The van der Waals surface area contributed by atoms with Crippen molar-refractivity contribution in [2.24, 2.45) is 5.73 Å². The fourth-order valence-corrected chi connectivity index (χ4v) is 2.90. The van der Waals surface area contributed by atoms with Crippen LogP contribution in [0.25, 0.3) is 0 Å². The number of aromatic nitrogens is 2. The molecule has 1 aliphatic rings. The van der Waals surface area contributed by atoms with Crippen molar-refractivity contribution in [2.75, 3.05) is 0 Å². The molecule has 1 aromatic heterocycles. The normalized spacial score (nSPS) is 29.5. The summed E-state index contributed by atoms with van der Waals surface area (Å²) < 4.78 is 1.98. The average molecular weight is 237 g/mol. The van der Waals surface area contributed by atoms with E-state index < -0.39 is 5.60 Å². The molecule has 0 aliphatic heterocycles. The van der Waals surface area contributed by atoms with Crippen LogP contribution in [-0.2, 0) is 13.0 Å². The summed E-state index contributed by atoms with van der Waals surface area (Å²) in [5.41, 5.74) is 7.47. The highest BCUT2D eigenvalue weighted by Crippen LogP contribution is 2.30. The molecule has 0 radical (unpaired) electrons. The van der Waals surface area contributed by atoms with Crippen LogP contribution in [0.4, 0.5) is 0 Å². The molecule has 1 aromatic rings. The van der Waals surface area contributed by atoms with E-state index in [4.69, 9.17) is 5.73 Å². The molecule has 0 amide bonds. The molecule has 0 saturated heterocycles. The van der Waals surface area contributed by atoms with Gasteiger partial charge in [0.05, 0.1) is 11.3 Å². The van der Waals surface area contributed by atoms with E-state index in [1.807, 2.05) is 11.6 Å². The van der Waals surface area contributed by atoms with Crippen molar-refractivity contribution < 1.29 is 5.11 Å². The van der Waals surface area contributed by atoms with Crippen molar-refractivity contribution in [3.05, 3.63) is 17.5 Å². The van der Waals surface area contributed by atoms with Gasteiger partial charge in [-0.25, -0.2) is 0 Å². The smallest absolute Gasteiger partial charge is 0.0717 e. The largest absolute Gasteiger partial charge is 0.389 e. The Balaban J connectivity index is 2.13. The molecular formula is C13H23N3O. The molecule has 4 heteroatoms. The van der Waals surface area contributed by atoms with Crippen molar-refractivity contribution in [2.45, 2.75) is 64.1 Å². The summed E-state index contributed by atoms with van der Waals surface area (Å²) in [6.45, 7) is 4.92. The topological polar surface area (TPSA) is 64.1 Å². The van der Waals surface area contributed by atoms with E-state index in [2.05, 4.69) is 18.1 Å². The maximum absolute atomic E-state index is 10.6. The second kappa shape index (κ2) is 4.78. The maximum atomic E-state index is 10.6. The summed E-state index contributed by atoms with van der Waals surface area (Å²) in [5.74, 6) is 0. The van der Waals surface area contributed by atoms with Gasteiger partial charge in [0.1, 0.15) is 0 Å². The molecule has 1 saturated carbocycles. The Kier molecular flexibility index (Phi) is 3.54. The lowest BCUT2D eigenvalue weighted by Crippen LogP contribution is -2.43. The highest BCUT2D eigenvalue weighted by Gasteiger charge is 2.33. The maximum Gasteiger partial charge on any atom is 0.0717 e. The lowest BCUT2D eigenvalue weighted by atomic mass is 9.79. The van der Waals surface area contributed by atoms with Crippen LogP contribution >= 0.6 is 0 Å². The minimum atomic E-state index is -0.628. The first-order chi connectivity index (χ1) is 8.02. The predicted octanol–water partition coefficient (Wildman–Crippen LogP) is 1.39. The molecule has 2 atom stereocenters. The zero-order chi connectivity index (χ0) is 12.5. The Hall–Kier alpha value is -0.870. The van der Waals surface area contributed by atoms with E-state index in [-0.39, 0.29) is 6.04 Å². The fraction of sp³-hybridized carbons (Fsp3) is 0.769. The van der Waals surface area contributed by atoms with Gasteiger partial charge < -0.3 is 10.8 Å². The molecule has 0 spiro atoms. The monoisotopic (exact) mass is 237 g/mol. The predicted molar refractivity (Wildman–Crippen MR) is 67.7 cm³/mol.